The molecule has 1 saturated heterocycles. The summed E-state index contributed by atoms with van der Waals surface area (Å²) in [5.41, 5.74) is 6.10. The van der Waals surface area contributed by atoms with E-state index in [0.717, 1.165) is 18.9 Å². The van der Waals surface area contributed by atoms with Gasteiger partial charge < -0.3 is 15.7 Å². The average Bonchev–Trinajstić information content (AvgIpc) is 2.79. The van der Waals surface area contributed by atoms with E-state index in [4.69, 9.17) is 10.8 Å². The Hall–Kier alpha value is -1.62. The maximum atomic E-state index is 13.1. The van der Waals surface area contributed by atoms with E-state index >= 15 is 0 Å². The normalized spacial score (nSPS) is 19.6. The minimum atomic E-state index is -0.484. The van der Waals surface area contributed by atoms with Crippen molar-refractivity contribution in [1.82, 2.24) is 4.90 Å². The Balaban J connectivity index is 2.27. The fraction of sp³-hybridized carbons (Fsp3) is 0.417. The highest BCUT2D eigenvalue weighted by Gasteiger charge is 2.29. The molecule has 1 atom stereocenters. The Morgan fingerprint density at radius 1 is 1.59 bits per heavy atom. The lowest BCUT2D eigenvalue weighted by Crippen LogP contribution is -2.38. The summed E-state index contributed by atoms with van der Waals surface area (Å²) >= 11 is 0. The van der Waals surface area contributed by atoms with Gasteiger partial charge in [0, 0.05) is 12.2 Å². The third-order valence-electron chi connectivity index (χ3n) is 3.09. The average molecular weight is 238 g/mol. The van der Waals surface area contributed by atoms with Crippen LogP contribution in [0.5, 0.6) is 0 Å². The summed E-state index contributed by atoms with van der Waals surface area (Å²) in [7, 11) is 0. The molecule has 1 fully saturated rings. The van der Waals surface area contributed by atoms with Gasteiger partial charge in [0.25, 0.3) is 5.91 Å². The third kappa shape index (κ3) is 2.24. The molecule has 2 rings (SSSR count). The van der Waals surface area contributed by atoms with Crippen molar-refractivity contribution in [3.8, 4) is 0 Å². The lowest BCUT2D eigenvalue weighted by Gasteiger charge is -2.23. The fourth-order valence-electron chi connectivity index (χ4n) is 2.16. The Bertz CT molecular complexity index is 437. The van der Waals surface area contributed by atoms with Crippen LogP contribution >= 0.6 is 0 Å². The van der Waals surface area contributed by atoms with Gasteiger partial charge >= 0.3 is 0 Å². The summed E-state index contributed by atoms with van der Waals surface area (Å²) in [4.78, 5) is 13.7. The summed E-state index contributed by atoms with van der Waals surface area (Å²) < 4.78 is 13.1. The first-order valence-corrected chi connectivity index (χ1v) is 5.60. The van der Waals surface area contributed by atoms with Gasteiger partial charge in [-0.1, -0.05) is 0 Å². The second-order valence-corrected chi connectivity index (χ2v) is 4.21. The number of nitrogen functional groups attached to an aromatic ring is 1. The number of aliphatic hydroxyl groups is 1. The van der Waals surface area contributed by atoms with Crippen molar-refractivity contribution in [2.24, 2.45) is 0 Å². The van der Waals surface area contributed by atoms with E-state index in [1.165, 1.54) is 12.1 Å². The van der Waals surface area contributed by atoms with Crippen LogP contribution in [0.1, 0.15) is 23.2 Å². The number of likely N-dealkylation sites (tertiary alicyclic amines) is 1. The van der Waals surface area contributed by atoms with Crippen LogP contribution in [0, 0.1) is 5.82 Å². The lowest BCUT2D eigenvalue weighted by molar-refractivity contribution is 0.0678. The number of hydrogen-bond acceptors (Lipinski definition) is 3. The van der Waals surface area contributed by atoms with Crippen LogP contribution in [0.15, 0.2) is 18.2 Å². The molecule has 17 heavy (non-hydrogen) atoms. The van der Waals surface area contributed by atoms with Crippen LogP contribution in [0.3, 0.4) is 0 Å². The highest BCUT2D eigenvalue weighted by molar-refractivity contribution is 5.99. The molecular formula is C12H15FN2O2. The van der Waals surface area contributed by atoms with Gasteiger partial charge in [-0.3, -0.25) is 4.79 Å². The Morgan fingerprint density at radius 3 is 3.06 bits per heavy atom. The van der Waals surface area contributed by atoms with E-state index in [2.05, 4.69) is 0 Å². The zero-order chi connectivity index (χ0) is 12.4. The van der Waals surface area contributed by atoms with Crippen LogP contribution in [0.25, 0.3) is 0 Å². The summed E-state index contributed by atoms with van der Waals surface area (Å²) in [5.74, 6) is -0.791. The van der Waals surface area contributed by atoms with Crippen LogP contribution in [-0.4, -0.2) is 35.1 Å². The number of hydrogen-bond donors (Lipinski definition) is 2. The molecule has 1 aromatic rings. The number of nitrogens with zero attached hydrogens (tertiary/aromatic N) is 1. The predicted octanol–water partition coefficient (Wildman–Crippen LogP) is 1.00. The van der Waals surface area contributed by atoms with Crippen LogP contribution in [-0.2, 0) is 0 Å². The van der Waals surface area contributed by atoms with Gasteiger partial charge in [0.2, 0.25) is 0 Å². The second kappa shape index (κ2) is 4.71. The highest BCUT2D eigenvalue weighted by atomic mass is 19.1. The van der Waals surface area contributed by atoms with Gasteiger partial charge in [-0.25, -0.2) is 4.39 Å². The molecule has 0 radical (unpaired) electrons. The van der Waals surface area contributed by atoms with Gasteiger partial charge in [-0.2, -0.15) is 0 Å². The summed E-state index contributed by atoms with van der Waals surface area (Å²) in [6.07, 6.45) is 1.63. The van der Waals surface area contributed by atoms with Crippen molar-refractivity contribution in [1.29, 1.82) is 0 Å². The smallest absolute Gasteiger partial charge is 0.256 e. The quantitative estimate of drug-likeness (QED) is 0.755. The van der Waals surface area contributed by atoms with Gasteiger partial charge in [-0.05, 0) is 31.0 Å². The molecule has 1 aromatic carbocycles. The van der Waals surface area contributed by atoms with Gasteiger partial charge in [-0.15, -0.1) is 0 Å². The molecule has 1 unspecified atom stereocenters. The number of halogens is 1. The SMILES string of the molecule is Nc1ccc(F)cc1C(=O)N1CCCC1CO. The van der Waals surface area contributed by atoms with Gasteiger partial charge in [0.15, 0.2) is 0 Å². The number of benzene rings is 1. The maximum absolute atomic E-state index is 13.1. The number of aliphatic hydroxyl groups excluding tert-OH is 1. The highest BCUT2D eigenvalue weighted by Crippen LogP contribution is 2.22. The van der Waals surface area contributed by atoms with Crippen LogP contribution < -0.4 is 5.73 Å². The first kappa shape index (κ1) is 11.9. The van der Waals surface area contributed by atoms with Crippen molar-refractivity contribution in [2.75, 3.05) is 18.9 Å². The van der Waals surface area contributed by atoms with Crippen molar-refractivity contribution < 1.29 is 14.3 Å². The van der Waals surface area contributed by atoms with Crippen molar-refractivity contribution in [3.05, 3.63) is 29.6 Å². The molecule has 1 amide bonds. The Kier molecular flexibility index (Phi) is 3.28. The van der Waals surface area contributed by atoms with Crippen molar-refractivity contribution in [3.63, 3.8) is 0 Å². The Labute approximate surface area is 98.8 Å². The van der Waals surface area contributed by atoms with E-state index in [1.807, 2.05) is 0 Å². The molecule has 1 aliphatic heterocycles. The molecule has 5 heteroatoms. The number of carbonyl (C=O) groups excluding carboxylic acids is 1. The number of nitrogens with two attached hydrogens (primary N) is 1. The first-order chi connectivity index (χ1) is 8.13. The molecule has 92 valence electrons. The number of carbonyl (C=O) groups is 1. The molecule has 0 aromatic heterocycles. The van der Waals surface area contributed by atoms with Crippen LogP contribution in [0.4, 0.5) is 10.1 Å². The van der Waals surface area contributed by atoms with E-state index in [1.54, 1.807) is 4.90 Å². The molecule has 1 heterocycles. The minimum Gasteiger partial charge on any atom is -0.398 e. The Morgan fingerprint density at radius 2 is 2.35 bits per heavy atom. The fourth-order valence-corrected chi connectivity index (χ4v) is 2.16. The number of anilines is 1. The molecule has 4 nitrogen and oxygen atoms in total. The second-order valence-electron chi connectivity index (χ2n) is 4.21. The monoisotopic (exact) mass is 238 g/mol. The topological polar surface area (TPSA) is 66.6 Å². The molecule has 1 aliphatic rings. The lowest BCUT2D eigenvalue weighted by atomic mass is 10.1. The van der Waals surface area contributed by atoms with Crippen molar-refractivity contribution in [2.45, 2.75) is 18.9 Å². The van der Waals surface area contributed by atoms with Crippen molar-refractivity contribution >= 4 is 11.6 Å². The molecule has 0 spiro atoms. The number of rotatable bonds is 2. The van der Waals surface area contributed by atoms with E-state index in [0.29, 0.717) is 6.54 Å². The summed E-state index contributed by atoms with van der Waals surface area (Å²) in [5, 5.41) is 9.16. The maximum Gasteiger partial charge on any atom is 0.256 e. The largest absolute Gasteiger partial charge is 0.398 e. The zero-order valence-corrected chi connectivity index (χ0v) is 9.40. The van der Waals surface area contributed by atoms with Crippen LogP contribution in [0.2, 0.25) is 0 Å². The zero-order valence-electron chi connectivity index (χ0n) is 9.40. The third-order valence-corrected chi connectivity index (χ3v) is 3.09. The van der Waals surface area contributed by atoms with Gasteiger partial charge in [0.05, 0.1) is 18.2 Å². The van der Waals surface area contributed by atoms with Gasteiger partial charge in [0.1, 0.15) is 5.82 Å². The molecule has 0 bridgehead atoms. The number of amides is 1. The summed E-state index contributed by atoms with van der Waals surface area (Å²) in [6.45, 7) is 0.515. The predicted molar refractivity (Wildman–Crippen MR) is 62.0 cm³/mol. The molecular weight excluding hydrogens is 223 g/mol. The minimum absolute atomic E-state index is 0.0685. The standard InChI is InChI=1S/C12H15FN2O2/c13-8-3-4-11(14)10(6-8)12(17)15-5-1-2-9(15)7-16/h3-4,6,9,16H,1-2,5,7,14H2. The molecule has 3 N–H and O–H groups in total. The van der Waals surface area contributed by atoms with E-state index in [9.17, 15) is 9.18 Å². The molecule has 0 aliphatic carbocycles. The first-order valence-electron chi connectivity index (χ1n) is 5.60. The van der Waals surface area contributed by atoms with E-state index < -0.39 is 5.82 Å². The summed E-state index contributed by atoms with van der Waals surface area (Å²) in [6, 6.07) is 3.57. The molecule has 0 saturated carbocycles. The van der Waals surface area contributed by atoms with E-state index in [-0.39, 0.29) is 29.8 Å².